The third-order valence-corrected chi connectivity index (χ3v) is 5.12. The van der Waals surface area contributed by atoms with Crippen molar-refractivity contribution in [2.75, 3.05) is 11.9 Å². The highest BCUT2D eigenvalue weighted by Gasteiger charge is 2.17. The third-order valence-electron chi connectivity index (χ3n) is 3.72. The molecule has 0 aromatic heterocycles. The molecule has 2 rings (SSSR count). The minimum absolute atomic E-state index is 0.0555. The summed E-state index contributed by atoms with van der Waals surface area (Å²) in [4.78, 5) is 23.4. The van der Waals surface area contributed by atoms with Crippen molar-refractivity contribution in [3.63, 3.8) is 0 Å². The number of carbonyl (C=O) groups excluding carboxylic acids is 2. The molecule has 0 radical (unpaired) electrons. The molecule has 0 bridgehead atoms. The van der Waals surface area contributed by atoms with Gasteiger partial charge in [0, 0.05) is 11.3 Å². The molecule has 0 unspecified atom stereocenters. The highest BCUT2D eigenvalue weighted by atomic mass is 32.2. The van der Waals surface area contributed by atoms with Crippen molar-refractivity contribution in [1.29, 1.82) is 0 Å². The summed E-state index contributed by atoms with van der Waals surface area (Å²) in [5.74, 6) is -0.700. The zero-order chi connectivity index (χ0) is 18.6. The van der Waals surface area contributed by atoms with Crippen LogP contribution >= 0.6 is 0 Å². The molecule has 0 aliphatic heterocycles. The summed E-state index contributed by atoms with van der Waals surface area (Å²) in [6.07, 6.45) is 0. The Morgan fingerprint density at radius 3 is 2.20 bits per heavy atom. The Balaban J connectivity index is 2.08. The molecule has 0 atom stereocenters. The summed E-state index contributed by atoms with van der Waals surface area (Å²) in [7, 11) is -3.89. The molecule has 0 aliphatic carbocycles. The molecule has 0 saturated carbocycles. The first-order valence-corrected chi connectivity index (χ1v) is 9.16. The van der Waals surface area contributed by atoms with Crippen molar-refractivity contribution in [2.24, 2.45) is 0 Å². The normalized spacial score (nSPS) is 11.2. The topological polar surface area (TPSA) is 92.3 Å². The van der Waals surface area contributed by atoms with Gasteiger partial charge in [0.05, 0.1) is 11.4 Å². The summed E-state index contributed by atoms with van der Waals surface area (Å²) in [5.41, 5.74) is 2.75. The standard InChI is InChI=1S/C18H20N2O4S/c1-12-6-4-7-13(2)18(12)20-17(22)11-19-25(23,24)16-9-5-8-15(10-16)14(3)21/h4-10,19H,11H2,1-3H3,(H,20,22). The molecule has 2 N–H and O–H groups in total. The van der Waals surface area contributed by atoms with E-state index in [1.165, 1.54) is 31.2 Å². The van der Waals surface area contributed by atoms with Gasteiger partial charge in [0.25, 0.3) is 0 Å². The first-order chi connectivity index (χ1) is 11.7. The number of carbonyl (C=O) groups is 2. The van der Waals surface area contributed by atoms with Crippen molar-refractivity contribution in [1.82, 2.24) is 4.72 Å². The van der Waals surface area contributed by atoms with Crippen molar-refractivity contribution in [3.05, 3.63) is 59.2 Å². The lowest BCUT2D eigenvalue weighted by Crippen LogP contribution is -2.33. The summed E-state index contributed by atoms with van der Waals surface area (Å²) < 4.78 is 26.8. The van der Waals surface area contributed by atoms with Crippen LogP contribution in [-0.4, -0.2) is 26.7 Å². The summed E-state index contributed by atoms with van der Waals surface area (Å²) >= 11 is 0. The van der Waals surface area contributed by atoms with Gasteiger partial charge in [-0.25, -0.2) is 13.1 Å². The minimum atomic E-state index is -3.89. The Kier molecular flexibility index (Phi) is 5.71. The van der Waals surface area contributed by atoms with Crippen molar-refractivity contribution >= 4 is 27.4 Å². The summed E-state index contributed by atoms with van der Waals surface area (Å²) in [6, 6.07) is 11.3. The third kappa shape index (κ3) is 4.74. The number of benzene rings is 2. The Morgan fingerprint density at radius 1 is 1.00 bits per heavy atom. The van der Waals surface area contributed by atoms with Crippen LogP contribution in [0.15, 0.2) is 47.4 Å². The number of nitrogens with one attached hydrogen (secondary N) is 2. The highest BCUT2D eigenvalue weighted by molar-refractivity contribution is 7.89. The smallest absolute Gasteiger partial charge is 0.241 e. The van der Waals surface area contributed by atoms with Crippen LogP contribution in [0.4, 0.5) is 5.69 Å². The molecule has 25 heavy (non-hydrogen) atoms. The molecule has 0 spiro atoms. The molecular formula is C18H20N2O4S. The van der Waals surface area contributed by atoms with Crippen molar-refractivity contribution in [3.8, 4) is 0 Å². The SMILES string of the molecule is CC(=O)c1cccc(S(=O)(=O)NCC(=O)Nc2c(C)cccc2C)c1. The van der Waals surface area contributed by atoms with Gasteiger partial charge in [0.2, 0.25) is 15.9 Å². The molecule has 7 heteroatoms. The van der Waals surface area contributed by atoms with Crippen molar-refractivity contribution in [2.45, 2.75) is 25.7 Å². The fourth-order valence-corrected chi connectivity index (χ4v) is 3.35. The van der Waals surface area contributed by atoms with Gasteiger partial charge in [-0.1, -0.05) is 30.3 Å². The Labute approximate surface area is 147 Å². The average molecular weight is 360 g/mol. The van der Waals surface area contributed by atoms with E-state index in [1.807, 2.05) is 32.0 Å². The van der Waals surface area contributed by atoms with Gasteiger partial charge in [0.15, 0.2) is 5.78 Å². The number of rotatable bonds is 6. The Morgan fingerprint density at radius 2 is 1.60 bits per heavy atom. The largest absolute Gasteiger partial charge is 0.324 e. The molecule has 2 aromatic rings. The monoisotopic (exact) mass is 360 g/mol. The van der Waals surface area contributed by atoms with E-state index in [1.54, 1.807) is 0 Å². The number of ketones is 1. The summed E-state index contributed by atoms with van der Waals surface area (Å²) in [6.45, 7) is 4.68. The molecule has 0 aliphatic rings. The molecule has 0 saturated heterocycles. The molecule has 132 valence electrons. The van der Waals surface area contributed by atoms with Gasteiger partial charge < -0.3 is 5.32 Å². The van der Waals surface area contributed by atoms with E-state index in [2.05, 4.69) is 10.0 Å². The van der Waals surface area contributed by atoms with Crippen LogP contribution in [-0.2, 0) is 14.8 Å². The first-order valence-electron chi connectivity index (χ1n) is 7.67. The average Bonchev–Trinajstić information content (AvgIpc) is 2.56. The number of hydrogen-bond donors (Lipinski definition) is 2. The van der Waals surface area contributed by atoms with Crippen LogP contribution in [0.25, 0.3) is 0 Å². The van der Waals surface area contributed by atoms with Gasteiger partial charge in [-0.05, 0) is 44.0 Å². The maximum atomic E-state index is 12.3. The lowest BCUT2D eigenvalue weighted by molar-refractivity contribution is -0.115. The van der Waals surface area contributed by atoms with Gasteiger partial charge in [-0.15, -0.1) is 0 Å². The van der Waals surface area contributed by atoms with Crippen molar-refractivity contribution < 1.29 is 18.0 Å². The van der Waals surface area contributed by atoms with E-state index < -0.39 is 22.5 Å². The first kappa shape index (κ1) is 18.8. The van der Waals surface area contributed by atoms with Gasteiger partial charge in [-0.3, -0.25) is 9.59 Å². The van der Waals surface area contributed by atoms with Crippen LogP contribution in [0, 0.1) is 13.8 Å². The molecular weight excluding hydrogens is 340 g/mol. The van der Waals surface area contributed by atoms with Gasteiger partial charge >= 0.3 is 0 Å². The maximum absolute atomic E-state index is 12.3. The molecule has 1 amide bonds. The second kappa shape index (κ2) is 7.58. The van der Waals surface area contributed by atoms with Gasteiger partial charge in [-0.2, -0.15) is 0 Å². The fraction of sp³-hybridized carbons (Fsp3) is 0.222. The van der Waals surface area contributed by atoms with Crippen LogP contribution in [0.3, 0.4) is 0 Å². The van der Waals surface area contributed by atoms with E-state index in [0.29, 0.717) is 11.3 Å². The highest BCUT2D eigenvalue weighted by Crippen LogP contribution is 2.19. The van der Waals surface area contributed by atoms with E-state index >= 15 is 0 Å². The molecule has 0 fully saturated rings. The van der Waals surface area contributed by atoms with E-state index in [9.17, 15) is 18.0 Å². The number of anilines is 1. The second-order valence-electron chi connectivity index (χ2n) is 5.72. The van der Waals surface area contributed by atoms with Crippen LogP contribution in [0.2, 0.25) is 0 Å². The number of aryl methyl sites for hydroxylation is 2. The van der Waals surface area contributed by atoms with E-state index in [0.717, 1.165) is 11.1 Å². The number of para-hydroxylation sites is 1. The zero-order valence-electron chi connectivity index (χ0n) is 14.3. The predicted octanol–water partition coefficient (Wildman–Crippen LogP) is 2.42. The van der Waals surface area contributed by atoms with Crippen LogP contribution < -0.4 is 10.0 Å². The van der Waals surface area contributed by atoms with Crippen LogP contribution in [0.5, 0.6) is 0 Å². The van der Waals surface area contributed by atoms with Crippen LogP contribution in [0.1, 0.15) is 28.4 Å². The Bertz CT molecular complexity index is 900. The number of sulfonamides is 1. The molecule has 0 heterocycles. The van der Waals surface area contributed by atoms with E-state index in [4.69, 9.17) is 0 Å². The fourth-order valence-electron chi connectivity index (χ4n) is 2.32. The quantitative estimate of drug-likeness (QED) is 0.774. The maximum Gasteiger partial charge on any atom is 0.241 e. The zero-order valence-corrected chi connectivity index (χ0v) is 15.1. The molecule has 2 aromatic carbocycles. The number of hydrogen-bond acceptors (Lipinski definition) is 4. The molecule has 6 nitrogen and oxygen atoms in total. The number of Topliss-reactive ketones (excluding diaryl/α,β-unsaturated/α-hetero) is 1. The summed E-state index contributed by atoms with van der Waals surface area (Å²) in [5, 5.41) is 2.71. The minimum Gasteiger partial charge on any atom is -0.324 e. The number of amides is 1. The van der Waals surface area contributed by atoms with E-state index in [-0.39, 0.29) is 10.7 Å². The lowest BCUT2D eigenvalue weighted by atomic mass is 10.1. The predicted molar refractivity (Wildman–Crippen MR) is 96.2 cm³/mol. The van der Waals surface area contributed by atoms with Gasteiger partial charge in [0.1, 0.15) is 0 Å². The second-order valence-corrected chi connectivity index (χ2v) is 7.49. The lowest BCUT2D eigenvalue weighted by Gasteiger charge is -2.12. The Hall–Kier alpha value is -2.51.